The third-order valence-corrected chi connectivity index (χ3v) is 4.08. The molecule has 4 aromatic rings. The average Bonchev–Trinajstić information content (AvgIpc) is 3.24. The highest BCUT2D eigenvalue weighted by molar-refractivity contribution is 7.09. The summed E-state index contributed by atoms with van der Waals surface area (Å²) >= 11 is 1.73. The minimum atomic E-state index is 0.770. The van der Waals surface area contributed by atoms with Gasteiger partial charge in [-0.15, -0.1) is 16.4 Å². The zero-order chi connectivity index (χ0) is 14.1. The van der Waals surface area contributed by atoms with E-state index < -0.39 is 0 Å². The predicted molar refractivity (Wildman–Crippen MR) is 82.3 cm³/mol. The normalized spacial score (nSPS) is 11.0. The molecular weight excluding hydrogens is 284 g/mol. The van der Waals surface area contributed by atoms with Crippen LogP contribution in [0.25, 0.3) is 16.9 Å². The summed E-state index contributed by atoms with van der Waals surface area (Å²) in [6, 6.07) is 9.94. The van der Waals surface area contributed by atoms with E-state index in [0.717, 1.165) is 29.3 Å². The molecule has 0 aromatic carbocycles. The van der Waals surface area contributed by atoms with Crippen LogP contribution in [0.4, 0.5) is 5.82 Å². The molecule has 0 saturated carbocycles. The van der Waals surface area contributed by atoms with Crippen molar-refractivity contribution < 1.29 is 4.42 Å². The number of furan rings is 1. The standard InChI is InChI=1S/C15H12N4OS/c1-2-12(21-7-1)8-16-14-3-4-15-17-9-13(19(15)18-14)11-5-6-20-10-11/h1-7,9-10H,8H2,(H,16,18). The van der Waals surface area contributed by atoms with Gasteiger partial charge in [-0.05, 0) is 29.6 Å². The van der Waals surface area contributed by atoms with E-state index in [9.17, 15) is 0 Å². The molecule has 4 aromatic heterocycles. The van der Waals surface area contributed by atoms with Crippen molar-refractivity contribution in [2.45, 2.75) is 6.54 Å². The van der Waals surface area contributed by atoms with Crippen LogP contribution in [0.1, 0.15) is 4.88 Å². The first kappa shape index (κ1) is 12.2. The fourth-order valence-corrected chi connectivity index (χ4v) is 2.81. The maximum absolute atomic E-state index is 5.13. The molecule has 5 nitrogen and oxygen atoms in total. The van der Waals surface area contributed by atoms with Crippen LogP contribution >= 0.6 is 11.3 Å². The van der Waals surface area contributed by atoms with Crippen molar-refractivity contribution in [1.82, 2.24) is 14.6 Å². The fraction of sp³-hybridized carbons (Fsp3) is 0.0667. The van der Waals surface area contributed by atoms with Gasteiger partial charge >= 0.3 is 0 Å². The lowest BCUT2D eigenvalue weighted by molar-refractivity contribution is 0.568. The van der Waals surface area contributed by atoms with E-state index in [1.807, 2.05) is 28.8 Å². The third-order valence-electron chi connectivity index (χ3n) is 3.20. The Morgan fingerprint density at radius 2 is 2.24 bits per heavy atom. The monoisotopic (exact) mass is 296 g/mol. The number of nitrogens with one attached hydrogen (secondary N) is 1. The summed E-state index contributed by atoms with van der Waals surface area (Å²) in [7, 11) is 0. The summed E-state index contributed by atoms with van der Waals surface area (Å²) in [6.07, 6.45) is 5.14. The maximum atomic E-state index is 5.13. The van der Waals surface area contributed by atoms with E-state index in [2.05, 4.69) is 26.8 Å². The van der Waals surface area contributed by atoms with Crippen LogP contribution in [0.3, 0.4) is 0 Å². The highest BCUT2D eigenvalue weighted by Crippen LogP contribution is 2.21. The highest BCUT2D eigenvalue weighted by Gasteiger charge is 2.08. The smallest absolute Gasteiger partial charge is 0.154 e. The number of aromatic nitrogens is 3. The van der Waals surface area contributed by atoms with E-state index in [1.54, 1.807) is 30.1 Å². The van der Waals surface area contributed by atoms with Gasteiger partial charge in [-0.2, -0.15) is 0 Å². The molecule has 0 amide bonds. The summed E-state index contributed by atoms with van der Waals surface area (Å²) in [4.78, 5) is 5.63. The fourth-order valence-electron chi connectivity index (χ4n) is 2.17. The second kappa shape index (κ2) is 5.06. The highest BCUT2D eigenvalue weighted by atomic mass is 32.1. The third kappa shape index (κ3) is 2.30. The van der Waals surface area contributed by atoms with Gasteiger partial charge in [-0.25, -0.2) is 9.50 Å². The zero-order valence-electron chi connectivity index (χ0n) is 11.1. The number of hydrogen-bond acceptors (Lipinski definition) is 5. The molecular formula is C15H12N4OS. The molecule has 0 aliphatic rings. The molecule has 0 radical (unpaired) electrons. The quantitative estimate of drug-likeness (QED) is 0.624. The zero-order valence-corrected chi connectivity index (χ0v) is 11.9. The van der Waals surface area contributed by atoms with Gasteiger partial charge in [0.25, 0.3) is 0 Å². The number of imidazole rings is 1. The minimum Gasteiger partial charge on any atom is -0.472 e. The molecule has 4 heterocycles. The van der Waals surface area contributed by atoms with Crippen molar-refractivity contribution in [3.8, 4) is 11.3 Å². The Morgan fingerprint density at radius 3 is 3.05 bits per heavy atom. The van der Waals surface area contributed by atoms with Crippen molar-refractivity contribution in [3.63, 3.8) is 0 Å². The van der Waals surface area contributed by atoms with Crippen LogP contribution in [0.2, 0.25) is 0 Å². The Morgan fingerprint density at radius 1 is 1.24 bits per heavy atom. The first-order valence-corrected chi connectivity index (χ1v) is 7.42. The van der Waals surface area contributed by atoms with E-state index >= 15 is 0 Å². The minimum absolute atomic E-state index is 0.770. The first-order chi connectivity index (χ1) is 10.4. The Balaban J connectivity index is 1.67. The largest absolute Gasteiger partial charge is 0.472 e. The van der Waals surface area contributed by atoms with Crippen molar-refractivity contribution in [1.29, 1.82) is 0 Å². The molecule has 1 N–H and O–H groups in total. The van der Waals surface area contributed by atoms with E-state index in [1.165, 1.54) is 4.88 Å². The van der Waals surface area contributed by atoms with Gasteiger partial charge in [0, 0.05) is 10.4 Å². The second-order valence-electron chi connectivity index (χ2n) is 4.58. The Kier molecular flexibility index (Phi) is 2.93. The molecule has 0 spiro atoms. The molecule has 21 heavy (non-hydrogen) atoms. The van der Waals surface area contributed by atoms with Gasteiger partial charge in [-0.3, -0.25) is 0 Å². The molecule has 0 aliphatic carbocycles. The summed E-state index contributed by atoms with van der Waals surface area (Å²) in [5, 5.41) is 10.00. The molecule has 4 rings (SSSR count). The van der Waals surface area contributed by atoms with Crippen molar-refractivity contribution in [2.24, 2.45) is 0 Å². The van der Waals surface area contributed by atoms with Gasteiger partial charge in [0.05, 0.1) is 31.0 Å². The number of fused-ring (bicyclic) bond motifs is 1. The number of nitrogens with zero attached hydrogens (tertiary/aromatic N) is 3. The van der Waals surface area contributed by atoms with Crippen LogP contribution in [-0.2, 0) is 6.54 Å². The van der Waals surface area contributed by atoms with Crippen molar-refractivity contribution >= 4 is 22.8 Å². The number of rotatable bonds is 4. The summed E-state index contributed by atoms with van der Waals surface area (Å²) in [5.41, 5.74) is 2.69. The molecule has 104 valence electrons. The van der Waals surface area contributed by atoms with E-state index in [4.69, 9.17) is 4.42 Å². The van der Waals surface area contributed by atoms with Crippen molar-refractivity contribution in [3.05, 3.63) is 59.3 Å². The van der Waals surface area contributed by atoms with Crippen molar-refractivity contribution in [2.75, 3.05) is 5.32 Å². The number of hydrogen-bond donors (Lipinski definition) is 1. The molecule has 0 saturated heterocycles. The van der Waals surface area contributed by atoms with Gasteiger partial charge in [0.15, 0.2) is 5.65 Å². The maximum Gasteiger partial charge on any atom is 0.154 e. The average molecular weight is 296 g/mol. The lowest BCUT2D eigenvalue weighted by atomic mass is 10.3. The lowest BCUT2D eigenvalue weighted by Crippen LogP contribution is -2.03. The van der Waals surface area contributed by atoms with Gasteiger partial charge < -0.3 is 9.73 Å². The lowest BCUT2D eigenvalue weighted by Gasteiger charge is -2.05. The SMILES string of the molecule is c1csc(CNc2ccc3ncc(-c4ccoc4)n3n2)c1. The molecule has 0 atom stereocenters. The Hall–Kier alpha value is -2.60. The molecule has 0 aliphatic heterocycles. The number of anilines is 1. The van der Waals surface area contributed by atoms with Gasteiger partial charge in [-0.1, -0.05) is 6.07 Å². The van der Waals surface area contributed by atoms with Gasteiger partial charge in [0.2, 0.25) is 0 Å². The summed E-state index contributed by atoms with van der Waals surface area (Å²) in [6.45, 7) is 0.770. The predicted octanol–water partition coefficient (Wildman–Crippen LogP) is 3.66. The van der Waals surface area contributed by atoms with E-state index in [-0.39, 0.29) is 0 Å². The molecule has 0 unspecified atom stereocenters. The topological polar surface area (TPSA) is 55.4 Å². The Labute approximate surface area is 124 Å². The van der Waals surface area contributed by atoms with Crippen LogP contribution in [0.15, 0.2) is 58.9 Å². The van der Waals surface area contributed by atoms with Crippen LogP contribution in [0.5, 0.6) is 0 Å². The van der Waals surface area contributed by atoms with Crippen LogP contribution in [-0.4, -0.2) is 14.6 Å². The van der Waals surface area contributed by atoms with Crippen LogP contribution < -0.4 is 5.32 Å². The summed E-state index contributed by atoms with van der Waals surface area (Å²) in [5.74, 6) is 0.818. The molecule has 0 bridgehead atoms. The molecule has 6 heteroatoms. The first-order valence-electron chi connectivity index (χ1n) is 6.54. The summed E-state index contributed by atoms with van der Waals surface area (Å²) < 4.78 is 6.95. The van der Waals surface area contributed by atoms with E-state index in [0.29, 0.717) is 0 Å². The van der Waals surface area contributed by atoms with Crippen LogP contribution in [0, 0.1) is 0 Å². The second-order valence-corrected chi connectivity index (χ2v) is 5.61. The number of thiophene rings is 1. The van der Waals surface area contributed by atoms with Gasteiger partial charge in [0.1, 0.15) is 5.82 Å². The molecule has 0 fully saturated rings. The Bertz CT molecular complexity index is 849.